The minimum Gasteiger partial charge on any atom is -0.328 e. The second kappa shape index (κ2) is 5.02. The lowest BCUT2D eigenvalue weighted by Gasteiger charge is -2.08. The van der Waals surface area contributed by atoms with E-state index in [9.17, 15) is 13.2 Å². The third-order valence-corrected chi connectivity index (χ3v) is 4.30. The minimum absolute atomic E-state index is 0.00613. The number of sulfonamides is 1. The molecule has 0 aliphatic heterocycles. The number of benzene rings is 1. The molecule has 2 aromatic heterocycles. The van der Waals surface area contributed by atoms with Crippen molar-refractivity contribution in [2.75, 3.05) is 4.72 Å². The average molecular weight is 301 g/mol. The van der Waals surface area contributed by atoms with Crippen molar-refractivity contribution in [3.05, 3.63) is 65.2 Å². The summed E-state index contributed by atoms with van der Waals surface area (Å²) < 4.78 is 26.9. The monoisotopic (exact) mass is 301 g/mol. The van der Waals surface area contributed by atoms with Gasteiger partial charge in [0.2, 0.25) is 5.56 Å². The van der Waals surface area contributed by atoms with E-state index < -0.39 is 10.0 Å². The molecular formula is C14H11N3O3S. The Labute approximate surface area is 120 Å². The van der Waals surface area contributed by atoms with Crippen LogP contribution in [0.2, 0.25) is 0 Å². The molecule has 2 heterocycles. The van der Waals surface area contributed by atoms with E-state index in [0.29, 0.717) is 5.69 Å². The van der Waals surface area contributed by atoms with Crippen molar-refractivity contribution >= 4 is 26.6 Å². The second-order valence-corrected chi connectivity index (χ2v) is 6.09. The number of hydrogen-bond acceptors (Lipinski definition) is 4. The summed E-state index contributed by atoms with van der Waals surface area (Å²) in [5, 5.41) is 0.833. The van der Waals surface area contributed by atoms with Crippen molar-refractivity contribution < 1.29 is 8.42 Å². The van der Waals surface area contributed by atoms with E-state index in [1.165, 1.54) is 12.1 Å². The number of anilines is 1. The van der Waals surface area contributed by atoms with E-state index in [-0.39, 0.29) is 10.5 Å². The lowest BCUT2D eigenvalue weighted by Crippen LogP contribution is -2.15. The van der Waals surface area contributed by atoms with Gasteiger partial charge in [0.25, 0.3) is 10.0 Å². The number of nitrogens with one attached hydrogen (secondary N) is 2. The Morgan fingerprint density at radius 2 is 1.95 bits per heavy atom. The molecule has 3 rings (SSSR count). The van der Waals surface area contributed by atoms with E-state index >= 15 is 0 Å². The van der Waals surface area contributed by atoms with Crippen LogP contribution in [0.15, 0.2) is 64.5 Å². The quantitative estimate of drug-likeness (QED) is 0.770. The molecule has 0 amide bonds. The number of nitrogens with zero attached hydrogens (tertiary/aromatic N) is 1. The van der Waals surface area contributed by atoms with Gasteiger partial charge in [-0.1, -0.05) is 6.07 Å². The van der Waals surface area contributed by atoms with Crippen LogP contribution in [0.1, 0.15) is 0 Å². The molecule has 3 aromatic rings. The van der Waals surface area contributed by atoms with Crippen LogP contribution in [0.3, 0.4) is 0 Å². The van der Waals surface area contributed by atoms with Crippen LogP contribution in [0.5, 0.6) is 0 Å². The summed E-state index contributed by atoms with van der Waals surface area (Å²) in [6, 6.07) is 11.1. The standard InChI is InChI=1S/C14H11N3O3S/c18-14-6-4-12(9-16-14)21(19,20)17-11-3-5-13-10(8-11)2-1-7-15-13/h1-9,17H,(H,16,18). The van der Waals surface area contributed by atoms with Crippen LogP contribution < -0.4 is 10.3 Å². The predicted octanol–water partition coefficient (Wildman–Crippen LogP) is 1.72. The summed E-state index contributed by atoms with van der Waals surface area (Å²) in [4.78, 5) is 17.5. The lowest BCUT2D eigenvalue weighted by atomic mass is 10.2. The topological polar surface area (TPSA) is 91.9 Å². The molecule has 21 heavy (non-hydrogen) atoms. The van der Waals surface area contributed by atoms with Crippen LogP contribution in [-0.2, 0) is 10.0 Å². The van der Waals surface area contributed by atoms with Gasteiger partial charge in [-0.3, -0.25) is 14.5 Å². The number of H-pyrrole nitrogens is 1. The van der Waals surface area contributed by atoms with Gasteiger partial charge in [0.1, 0.15) is 4.90 Å². The Kier molecular flexibility index (Phi) is 3.19. The normalized spacial score (nSPS) is 11.4. The highest BCUT2D eigenvalue weighted by Gasteiger charge is 2.14. The van der Waals surface area contributed by atoms with Gasteiger partial charge in [0.15, 0.2) is 0 Å². The summed E-state index contributed by atoms with van der Waals surface area (Å²) in [6.45, 7) is 0. The largest absolute Gasteiger partial charge is 0.328 e. The number of hydrogen-bond donors (Lipinski definition) is 2. The van der Waals surface area contributed by atoms with Crippen molar-refractivity contribution in [3.63, 3.8) is 0 Å². The van der Waals surface area contributed by atoms with Crippen LogP contribution >= 0.6 is 0 Å². The van der Waals surface area contributed by atoms with E-state index in [1.54, 1.807) is 30.5 Å². The molecule has 0 aliphatic rings. The molecule has 0 radical (unpaired) electrons. The summed E-state index contributed by atoms with van der Waals surface area (Å²) >= 11 is 0. The fourth-order valence-corrected chi connectivity index (χ4v) is 2.93. The number of rotatable bonds is 3. The molecule has 0 spiro atoms. The van der Waals surface area contributed by atoms with Crippen molar-refractivity contribution in [1.82, 2.24) is 9.97 Å². The van der Waals surface area contributed by atoms with E-state index in [0.717, 1.165) is 17.1 Å². The molecule has 0 saturated carbocycles. The number of fused-ring (bicyclic) bond motifs is 1. The fraction of sp³-hybridized carbons (Fsp3) is 0. The van der Waals surface area contributed by atoms with E-state index in [2.05, 4.69) is 14.7 Å². The van der Waals surface area contributed by atoms with Crippen molar-refractivity contribution in [1.29, 1.82) is 0 Å². The molecule has 0 bridgehead atoms. The van der Waals surface area contributed by atoms with Gasteiger partial charge in [-0.15, -0.1) is 0 Å². The zero-order valence-corrected chi connectivity index (χ0v) is 11.6. The molecule has 0 saturated heterocycles. The first-order valence-corrected chi connectivity index (χ1v) is 7.59. The van der Waals surface area contributed by atoms with Gasteiger partial charge >= 0.3 is 0 Å². The van der Waals surface area contributed by atoms with Crippen LogP contribution in [-0.4, -0.2) is 18.4 Å². The minimum atomic E-state index is -3.74. The SMILES string of the molecule is O=c1ccc(S(=O)(=O)Nc2ccc3ncccc3c2)c[nH]1. The predicted molar refractivity (Wildman–Crippen MR) is 79.6 cm³/mol. The van der Waals surface area contributed by atoms with Gasteiger partial charge in [0.05, 0.1) is 5.52 Å². The van der Waals surface area contributed by atoms with Crippen LogP contribution in [0, 0.1) is 0 Å². The van der Waals surface area contributed by atoms with E-state index in [4.69, 9.17) is 0 Å². The summed E-state index contributed by atoms with van der Waals surface area (Å²) in [5.74, 6) is 0. The van der Waals surface area contributed by atoms with Gasteiger partial charge in [-0.05, 0) is 30.3 Å². The Morgan fingerprint density at radius 1 is 1.10 bits per heavy atom. The van der Waals surface area contributed by atoms with Crippen molar-refractivity contribution in [3.8, 4) is 0 Å². The third kappa shape index (κ3) is 2.77. The zero-order valence-electron chi connectivity index (χ0n) is 10.8. The smallest absolute Gasteiger partial charge is 0.263 e. The lowest BCUT2D eigenvalue weighted by molar-refractivity contribution is 0.600. The molecule has 7 heteroatoms. The number of aromatic nitrogens is 2. The van der Waals surface area contributed by atoms with Crippen LogP contribution in [0.25, 0.3) is 10.9 Å². The maximum absolute atomic E-state index is 12.2. The van der Waals surface area contributed by atoms with Gasteiger partial charge < -0.3 is 4.98 Å². The molecule has 0 unspecified atom stereocenters. The number of aromatic amines is 1. The molecular weight excluding hydrogens is 290 g/mol. The Bertz CT molecular complexity index is 944. The third-order valence-electron chi connectivity index (χ3n) is 2.92. The highest BCUT2D eigenvalue weighted by atomic mass is 32.2. The van der Waals surface area contributed by atoms with Gasteiger partial charge in [-0.2, -0.15) is 0 Å². The van der Waals surface area contributed by atoms with Crippen molar-refractivity contribution in [2.45, 2.75) is 4.90 Å². The molecule has 0 fully saturated rings. The summed E-state index contributed by atoms with van der Waals surface area (Å²) in [6.07, 6.45) is 2.83. The maximum atomic E-state index is 12.2. The second-order valence-electron chi connectivity index (χ2n) is 4.41. The van der Waals surface area contributed by atoms with Gasteiger partial charge in [-0.25, -0.2) is 8.42 Å². The Morgan fingerprint density at radius 3 is 2.71 bits per heavy atom. The molecule has 106 valence electrons. The number of pyridine rings is 2. The molecule has 0 atom stereocenters. The molecule has 2 N–H and O–H groups in total. The summed E-state index contributed by atoms with van der Waals surface area (Å²) in [5.41, 5.74) is 0.858. The molecule has 0 aliphatic carbocycles. The van der Waals surface area contributed by atoms with Crippen molar-refractivity contribution in [2.24, 2.45) is 0 Å². The average Bonchev–Trinajstić information content (AvgIpc) is 2.47. The summed E-state index contributed by atoms with van der Waals surface area (Å²) in [7, 11) is -3.74. The first-order valence-electron chi connectivity index (χ1n) is 6.11. The Hall–Kier alpha value is -2.67. The Balaban J connectivity index is 1.97. The molecule has 1 aromatic carbocycles. The first-order chi connectivity index (χ1) is 10.0. The highest BCUT2D eigenvalue weighted by molar-refractivity contribution is 7.92. The fourth-order valence-electron chi connectivity index (χ4n) is 1.92. The maximum Gasteiger partial charge on any atom is 0.263 e. The highest BCUT2D eigenvalue weighted by Crippen LogP contribution is 2.19. The zero-order chi connectivity index (χ0) is 14.9. The van der Waals surface area contributed by atoms with E-state index in [1.807, 2.05) is 6.07 Å². The van der Waals surface area contributed by atoms with Crippen LogP contribution in [0.4, 0.5) is 5.69 Å². The first kappa shape index (κ1) is 13.3. The van der Waals surface area contributed by atoms with Gasteiger partial charge in [0, 0.05) is 29.5 Å². The molecule has 6 nitrogen and oxygen atoms in total.